The Balaban J connectivity index is 1.20. The first-order chi connectivity index (χ1) is 14.0. The molecule has 29 heavy (non-hydrogen) atoms. The Kier molecular flexibility index (Phi) is 5.16. The molecule has 1 aliphatic carbocycles. The summed E-state index contributed by atoms with van der Waals surface area (Å²) in [6.07, 6.45) is 7.35. The van der Waals surface area contributed by atoms with E-state index in [9.17, 15) is 13.2 Å². The molecule has 1 saturated carbocycles. The van der Waals surface area contributed by atoms with Crippen molar-refractivity contribution in [2.45, 2.75) is 75.4 Å². The van der Waals surface area contributed by atoms with Gasteiger partial charge in [-0.3, -0.25) is 4.79 Å². The third kappa shape index (κ3) is 4.09. The van der Waals surface area contributed by atoms with Gasteiger partial charge in [-0.1, -0.05) is 5.16 Å². The Bertz CT molecular complexity index is 846. The maximum Gasteiger partial charge on any atom is 0.273 e. The highest BCUT2D eigenvalue weighted by Gasteiger charge is 2.47. The second-order valence-electron chi connectivity index (χ2n) is 9.24. The van der Waals surface area contributed by atoms with E-state index < -0.39 is 10.0 Å². The molecule has 0 spiro atoms. The maximum absolute atomic E-state index is 13.1. The Morgan fingerprint density at radius 3 is 2.62 bits per heavy atom. The molecule has 5 rings (SSSR count). The molecule has 2 N–H and O–H groups in total. The minimum Gasteiger partial charge on any atom is -0.360 e. The lowest BCUT2D eigenvalue weighted by molar-refractivity contribution is 0.0900. The minimum absolute atomic E-state index is 0.0000614. The first-order valence-corrected chi connectivity index (χ1v) is 12.6. The summed E-state index contributed by atoms with van der Waals surface area (Å²) in [5.74, 6) is 1.46. The predicted octanol–water partition coefficient (Wildman–Crippen LogP) is 1.61. The van der Waals surface area contributed by atoms with E-state index in [1.165, 1.54) is 0 Å². The summed E-state index contributed by atoms with van der Waals surface area (Å²) in [5.41, 5.74) is 0.332. The van der Waals surface area contributed by atoms with Crippen LogP contribution in [0.5, 0.6) is 0 Å². The minimum atomic E-state index is -3.27. The number of hydrogen-bond acceptors (Lipinski definition) is 6. The van der Waals surface area contributed by atoms with Crippen molar-refractivity contribution in [2.75, 3.05) is 18.8 Å². The SMILES string of the molecule is O=C(NC1C[C@H]2CC[C@@H](C1)N2S(=O)(=O)C[C@@H]1CCCNC1)c1cc(C2CC2)on1. The average molecular weight is 423 g/mol. The predicted molar refractivity (Wildman–Crippen MR) is 107 cm³/mol. The van der Waals surface area contributed by atoms with Crippen molar-refractivity contribution >= 4 is 15.9 Å². The van der Waals surface area contributed by atoms with Gasteiger partial charge in [0.25, 0.3) is 5.91 Å². The molecule has 3 aliphatic heterocycles. The summed E-state index contributed by atoms with van der Waals surface area (Å²) in [6, 6.07) is 1.74. The number of piperidine rings is 2. The van der Waals surface area contributed by atoms with Crippen LogP contribution in [-0.2, 0) is 10.0 Å². The van der Waals surface area contributed by atoms with Crippen LogP contribution in [0.2, 0.25) is 0 Å². The highest BCUT2D eigenvalue weighted by atomic mass is 32.2. The van der Waals surface area contributed by atoms with Gasteiger partial charge in [0.2, 0.25) is 10.0 Å². The van der Waals surface area contributed by atoms with Crippen molar-refractivity contribution in [1.82, 2.24) is 20.1 Å². The van der Waals surface area contributed by atoms with Gasteiger partial charge in [-0.05, 0) is 70.4 Å². The molecule has 1 unspecified atom stereocenters. The van der Waals surface area contributed by atoms with E-state index in [0.717, 1.165) is 57.4 Å². The lowest BCUT2D eigenvalue weighted by atomic mass is 9.99. The van der Waals surface area contributed by atoms with Crippen molar-refractivity contribution in [2.24, 2.45) is 5.92 Å². The number of rotatable bonds is 6. The zero-order chi connectivity index (χ0) is 20.0. The second-order valence-corrected chi connectivity index (χ2v) is 11.2. The smallest absolute Gasteiger partial charge is 0.273 e. The Labute approximate surface area is 171 Å². The van der Waals surface area contributed by atoms with Gasteiger partial charge in [-0.25, -0.2) is 8.42 Å². The van der Waals surface area contributed by atoms with E-state index in [4.69, 9.17) is 4.52 Å². The number of amides is 1. The molecule has 8 nitrogen and oxygen atoms in total. The number of aromatic nitrogens is 1. The van der Waals surface area contributed by atoms with Gasteiger partial charge in [0, 0.05) is 30.1 Å². The highest BCUT2D eigenvalue weighted by molar-refractivity contribution is 7.89. The molecule has 4 heterocycles. The van der Waals surface area contributed by atoms with E-state index in [0.29, 0.717) is 24.5 Å². The summed E-state index contributed by atoms with van der Waals surface area (Å²) in [4.78, 5) is 12.6. The number of fused-ring (bicyclic) bond motifs is 2. The molecule has 2 bridgehead atoms. The molecule has 1 aromatic heterocycles. The van der Waals surface area contributed by atoms with E-state index in [1.807, 2.05) is 0 Å². The highest BCUT2D eigenvalue weighted by Crippen LogP contribution is 2.41. The normalized spacial score (nSPS) is 33.0. The van der Waals surface area contributed by atoms with Crippen molar-refractivity contribution in [1.29, 1.82) is 0 Å². The van der Waals surface area contributed by atoms with Crippen LogP contribution in [0.1, 0.15) is 73.5 Å². The third-order valence-corrected chi connectivity index (χ3v) is 9.04. The maximum atomic E-state index is 13.1. The molecule has 1 amide bonds. The summed E-state index contributed by atoms with van der Waals surface area (Å²) in [6.45, 7) is 1.78. The summed E-state index contributed by atoms with van der Waals surface area (Å²) >= 11 is 0. The fourth-order valence-electron chi connectivity index (χ4n) is 5.37. The Morgan fingerprint density at radius 2 is 1.97 bits per heavy atom. The Morgan fingerprint density at radius 1 is 1.21 bits per heavy atom. The molecule has 9 heteroatoms. The van der Waals surface area contributed by atoms with E-state index in [1.54, 1.807) is 10.4 Å². The number of nitrogens with one attached hydrogen (secondary N) is 2. The molecule has 0 radical (unpaired) electrons. The molecule has 4 fully saturated rings. The lowest BCUT2D eigenvalue weighted by Crippen LogP contribution is -2.53. The van der Waals surface area contributed by atoms with Crippen LogP contribution >= 0.6 is 0 Å². The van der Waals surface area contributed by atoms with Gasteiger partial charge in [0.05, 0.1) is 5.75 Å². The van der Waals surface area contributed by atoms with Gasteiger partial charge < -0.3 is 15.2 Å². The van der Waals surface area contributed by atoms with Crippen LogP contribution in [-0.4, -0.2) is 60.8 Å². The zero-order valence-electron chi connectivity index (χ0n) is 16.7. The summed E-state index contributed by atoms with van der Waals surface area (Å²) in [5, 5.41) is 10.3. The lowest BCUT2D eigenvalue weighted by Gasteiger charge is -2.39. The third-order valence-electron chi connectivity index (χ3n) is 6.91. The van der Waals surface area contributed by atoms with Crippen molar-refractivity contribution in [3.05, 3.63) is 17.5 Å². The number of carbonyl (C=O) groups is 1. The van der Waals surface area contributed by atoms with Gasteiger partial charge in [-0.2, -0.15) is 4.31 Å². The fraction of sp³-hybridized carbons (Fsp3) is 0.800. The Hall–Kier alpha value is -1.45. The van der Waals surface area contributed by atoms with Crippen LogP contribution in [0.3, 0.4) is 0 Å². The standard InChI is InChI=1S/C20H30N4O4S/c25-20(18-10-19(28-23-18)14-3-4-14)22-15-8-16-5-6-17(9-15)24(16)29(26,27)12-13-2-1-7-21-11-13/h10,13-17,21H,1-9,11-12H2,(H,22,25)/t13-,15?,16-,17+/m1/s1. The van der Waals surface area contributed by atoms with Crippen LogP contribution in [0.25, 0.3) is 0 Å². The first-order valence-electron chi connectivity index (χ1n) is 11.0. The average Bonchev–Trinajstić information content (AvgIpc) is 3.34. The second kappa shape index (κ2) is 7.67. The van der Waals surface area contributed by atoms with Gasteiger partial charge >= 0.3 is 0 Å². The molecule has 160 valence electrons. The van der Waals surface area contributed by atoms with E-state index >= 15 is 0 Å². The quantitative estimate of drug-likeness (QED) is 0.722. The zero-order valence-corrected chi connectivity index (χ0v) is 17.5. The van der Waals surface area contributed by atoms with Gasteiger partial charge in [0.1, 0.15) is 5.76 Å². The van der Waals surface area contributed by atoms with E-state index in [-0.39, 0.29) is 35.7 Å². The van der Waals surface area contributed by atoms with Gasteiger partial charge in [-0.15, -0.1) is 0 Å². The molecule has 4 atom stereocenters. The largest absolute Gasteiger partial charge is 0.360 e. The summed E-state index contributed by atoms with van der Waals surface area (Å²) < 4.78 is 33.3. The number of hydrogen-bond donors (Lipinski definition) is 2. The van der Waals surface area contributed by atoms with Crippen molar-refractivity contribution in [3.8, 4) is 0 Å². The van der Waals surface area contributed by atoms with Crippen molar-refractivity contribution in [3.63, 3.8) is 0 Å². The number of nitrogens with zero attached hydrogens (tertiary/aromatic N) is 2. The van der Waals surface area contributed by atoms with Crippen molar-refractivity contribution < 1.29 is 17.7 Å². The molecule has 3 saturated heterocycles. The molecular formula is C20H30N4O4S. The van der Waals surface area contributed by atoms with Gasteiger partial charge in [0.15, 0.2) is 5.69 Å². The summed E-state index contributed by atoms with van der Waals surface area (Å²) in [7, 11) is -3.27. The molecule has 1 aromatic rings. The number of sulfonamides is 1. The molecular weight excluding hydrogens is 392 g/mol. The fourth-order valence-corrected chi connectivity index (χ4v) is 7.72. The monoisotopic (exact) mass is 422 g/mol. The van der Waals surface area contributed by atoms with Crippen LogP contribution in [0.15, 0.2) is 10.6 Å². The van der Waals surface area contributed by atoms with Crippen LogP contribution in [0, 0.1) is 5.92 Å². The van der Waals surface area contributed by atoms with Crippen LogP contribution < -0.4 is 10.6 Å². The topological polar surface area (TPSA) is 105 Å². The first kappa shape index (κ1) is 19.5. The number of carbonyl (C=O) groups excluding carboxylic acids is 1. The van der Waals surface area contributed by atoms with E-state index in [2.05, 4.69) is 15.8 Å². The molecule has 4 aliphatic rings. The van der Waals surface area contributed by atoms with Crippen LogP contribution in [0.4, 0.5) is 0 Å². The molecule has 0 aromatic carbocycles.